The molecule has 0 atom stereocenters. The van der Waals surface area contributed by atoms with E-state index in [1.807, 2.05) is 11.0 Å². The minimum absolute atomic E-state index is 0.0507. The third-order valence-corrected chi connectivity index (χ3v) is 3.50. The Kier molecular flexibility index (Phi) is 5.47. The third-order valence-electron chi connectivity index (χ3n) is 3.50. The highest BCUT2D eigenvalue weighted by atomic mass is 19.4. The summed E-state index contributed by atoms with van der Waals surface area (Å²) in [4.78, 5) is 1.96. The van der Waals surface area contributed by atoms with Gasteiger partial charge in [0, 0.05) is 30.8 Å². The van der Waals surface area contributed by atoms with Crippen LogP contribution in [0, 0.1) is 0 Å². The molecule has 1 aliphatic heterocycles. The maximum Gasteiger partial charge on any atom is 0.412 e. The van der Waals surface area contributed by atoms with Crippen LogP contribution in [0.3, 0.4) is 0 Å². The number of nitrogens with one attached hydrogen (secondary N) is 1. The first-order chi connectivity index (χ1) is 9.99. The number of hydrogen-bond acceptors (Lipinski definition) is 3. The topological polar surface area (TPSA) is 28.4 Å². The van der Waals surface area contributed by atoms with Crippen LogP contribution in [-0.4, -0.2) is 30.7 Å². The second-order valence-corrected chi connectivity index (χ2v) is 5.31. The molecule has 2 heterocycles. The molecule has 1 aromatic heterocycles. The number of rotatable bonds is 6. The first kappa shape index (κ1) is 16.1. The van der Waals surface area contributed by atoms with Gasteiger partial charge in [-0.15, -0.1) is 0 Å². The predicted molar refractivity (Wildman–Crippen MR) is 74.7 cm³/mol. The molecule has 0 amide bonds. The van der Waals surface area contributed by atoms with E-state index in [4.69, 9.17) is 4.42 Å². The summed E-state index contributed by atoms with van der Waals surface area (Å²) in [6.07, 6.45) is -0.0779. The SMILES string of the molecule is CCCNCc1coc(CN2CC=C(C(F)(F)F)CC2)c1. The lowest BCUT2D eigenvalue weighted by Crippen LogP contribution is -2.31. The fourth-order valence-corrected chi connectivity index (χ4v) is 2.34. The number of nitrogens with zero attached hydrogens (tertiary/aromatic N) is 1. The van der Waals surface area contributed by atoms with Crippen molar-refractivity contribution in [3.8, 4) is 0 Å². The molecular formula is C15H21F3N2O. The zero-order valence-corrected chi connectivity index (χ0v) is 12.2. The van der Waals surface area contributed by atoms with E-state index in [0.717, 1.165) is 30.8 Å². The smallest absolute Gasteiger partial charge is 0.412 e. The summed E-state index contributed by atoms with van der Waals surface area (Å²) in [5, 5.41) is 3.28. The van der Waals surface area contributed by atoms with E-state index < -0.39 is 11.7 Å². The maximum atomic E-state index is 12.5. The molecular weight excluding hydrogens is 281 g/mol. The van der Waals surface area contributed by atoms with Gasteiger partial charge >= 0.3 is 6.18 Å². The third kappa shape index (κ3) is 4.89. The van der Waals surface area contributed by atoms with Crippen molar-refractivity contribution in [2.45, 2.75) is 39.0 Å². The molecule has 3 nitrogen and oxygen atoms in total. The Morgan fingerprint density at radius 2 is 2.19 bits per heavy atom. The van der Waals surface area contributed by atoms with E-state index in [0.29, 0.717) is 19.6 Å². The van der Waals surface area contributed by atoms with Crippen molar-refractivity contribution in [3.63, 3.8) is 0 Å². The van der Waals surface area contributed by atoms with Crippen molar-refractivity contribution >= 4 is 0 Å². The van der Waals surface area contributed by atoms with Crippen molar-refractivity contribution in [2.75, 3.05) is 19.6 Å². The Morgan fingerprint density at radius 3 is 2.81 bits per heavy atom. The fraction of sp³-hybridized carbons (Fsp3) is 0.600. The van der Waals surface area contributed by atoms with Crippen molar-refractivity contribution in [2.24, 2.45) is 0 Å². The Balaban J connectivity index is 1.82. The van der Waals surface area contributed by atoms with Gasteiger partial charge in [0.15, 0.2) is 0 Å². The normalized spacial score (nSPS) is 17.0. The molecule has 0 bridgehead atoms. The van der Waals surface area contributed by atoms with Gasteiger partial charge in [-0.1, -0.05) is 13.0 Å². The van der Waals surface area contributed by atoms with Gasteiger partial charge in [-0.2, -0.15) is 13.2 Å². The molecule has 0 aliphatic carbocycles. The Bertz CT molecular complexity index is 480. The first-order valence-electron chi connectivity index (χ1n) is 7.24. The Hall–Kier alpha value is -1.27. The van der Waals surface area contributed by atoms with Gasteiger partial charge in [-0.3, -0.25) is 4.90 Å². The molecule has 2 rings (SSSR count). The lowest BCUT2D eigenvalue weighted by Gasteiger charge is -2.26. The van der Waals surface area contributed by atoms with Crippen LogP contribution in [0.2, 0.25) is 0 Å². The summed E-state index contributed by atoms with van der Waals surface area (Å²) in [6.45, 7) is 5.10. The van der Waals surface area contributed by atoms with Gasteiger partial charge in [0.25, 0.3) is 0 Å². The Morgan fingerprint density at radius 1 is 1.38 bits per heavy atom. The highest BCUT2D eigenvalue weighted by Gasteiger charge is 2.34. The molecule has 0 aromatic carbocycles. The van der Waals surface area contributed by atoms with Crippen LogP contribution < -0.4 is 5.32 Å². The molecule has 0 saturated heterocycles. The van der Waals surface area contributed by atoms with Crippen LogP contribution in [0.1, 0.15) is 31.1 Å². The van der Waals surface area contributed by atoms with E-state index in [9.17, 15) is 13.2 Å². The Labute approximate surface area is 122 Å². The van der Waals surface area contributed by atoms with Gasteiger partial charge in [0.05, 0.1) is 12.8 Å². The molecule has 1 aliphatic rings. The average Bonchev–Trinajstić information content (AvgIpc) is 2.86. The minimum Gasteiger partial charge on any atom is -0.468 e. The molecule has 0 fully saturated rings. The van der Waals surface area contributed by atoms with E-state index in [1.54, 1.807) is 6.26 Å². The minimum atomic E-state index is -4.19. The summed E-state index contributed by atoms with van der Waals surface area (Å²) < 4.78 is 43.1. The lowest BCUT2D eigenvalue weighted by molar-refractivity contribution is -0.0961. The van der Waals surface area contributed by atoms with Crippen molar-refractivity contribution in [1.82, 2.24) is 10.2 Å². The molecule has 6 heteroatoms. The summed E-state index contributed by atoms with van der Waals surface area (Å²) in [5.74, 6) is 0.798. The summed E-state index contributed by atoms with van der Waals surface area (Å²) in [5.41, 5.74) is 0.657. The van der Waals surface area contributed by atoms with Crippen molar-refractivity contribution in [1.29, 1.82) is 0 Å². The zero-order chi connectivity index (χ0) is 15.3. The van der Waals surface area contributed by atoms with Gasteiger partial charge in [0.2, 0.25) is 0 Å². The maximum absolute atomic E-state index is 12.5. The molecule has 0 unspecified atom stereocenters. The van der Waals surface area contributed by atoms with E-state index in [2.05, 4.69) is 12.2 Å². The van der Waals surface area contributed by atoms with Gasteiger partial charge in [-0.25, -0.2) is 0 Å². The molecule has 21 heavy (non-hydrogen) atoms. The quantitative estimate of drug-likeness (QED) is 0.644. The molecule has 1 aromatic rings. The molecule has 0 radical (unpaired) electrons. The zero-order valence-electron chi connectivity index (χ0n) is 12.2. The summed E-state index contributed by atoms with van der Waals surface area (Å²) >= 11 is 0. The number of furan rings is 1. The predicted octanol–water partition coefficient (Wildman–Crippen LogP) is 3.47. The highest BCUT2D eigenvalue weighted by molar-refractivity contribution is 5.15. The van der Waals surface area contributed by atoms with Crippen LogP contribution >= 0.6 is 0 Å². The number of alkyl halides is 3. The molecule has 0 spiro atoms. The van der Waals surface area contributed by atoms with Crippen LogP contribution in [0.5, 0.6) is 0 Å². The fourth-order valence-electron chi connectivity index (χ4n) is 2.34. The van der Waals surface area contributed by atoms with Gasteiger partial charge in [0.1, 0.15) is 5.76 Å². The first-order valence-corrected chi connectivity index (χ1v) is 7.24. The highest BCUT2D eigenvalue weighted by Crippen LogP contribution is 2.30. The molecule has 1 N–H and O–H groups in total. The average molecular weight is 302 g/mol. The van der Waals surface area contributed by atoms with Crippen molar-refractivity contribution in [3.05, 3.63) is 35.3 Å². The van der Waals surface area contributed by atoms with Crippen molar-refractivity contribution < 1.29 is 17.6 Å². The van der Waals surface area contributed by atoms with Crippen LogP contribution in [0.4, 0.5) is 13.2 Å². The lowest BCUT2D eigenvalue weighted by atomic mass is 10.1. The van der Waals surface area contributed by atoms with E-state index in [1.165, 1.54) is 6.08 Å². The standard InChI is InChI=1S/C15H21F3N2O/c1-2-5-19-9-12-8-14(21-11-12)10-20-6-3-13(4-7-20)15(16,17)18/h3,8,11,19H,2,4-7,9-10H2,1H3. The number of hydrogen-bond donors (Lipinski definition) is 1. The van der Waals surface area contributed by atoms with Crippen LogP contribution in [0.25, 0.3) is 0 Å². The second-order valence-electron chi connectivity index (χ2n) is 5.31. The van der Waals surface area contributed by atoms with Gasteiger partial charge in [-0.05, 0) is 25.5 Å². The second kappa shape index (κ2) is 7.13. The molecule has 118 valence electrons. The van der Waals surface area contributed by atoms with E-state index >= 15 is 0 Å². The molecule has 0 saturated carbocycles. The van der Waals surface area contributed by atoms with Crippen LogP contribution in [-0.2, 0) is 13.1 Å². The monoisotopic (exact) mass is 302 g/mol. The van der Waals surface area contributed by atoms with E-state index in [-0.39, 0.29) is 6.42 Å². The van der Waals surface area contributed by atoms with Crippen LogP contribution in [0.15, 0.2) is 28.4 Å². The largest absolute Gasteiger partial charge is 0.468 e. The summed E-state index contributed by atoms with van der Waals surface area (Å²) in [6, 6.07) is 1.96. The summed E-state index contributed by atoms with van der Waals surface area (Å²) in [7, 11) is 0. The van der Waals surface area contributed by atoms with Gasteiger partial charge < -0.3 is 9.73 Å². The number of halogens is 3.